The van der Waals surface area contributed by atoms with Crippen molar-refractivity contribution in [2.75, 3.05) is 34.2 Å². The number of furan rings is 3. The van der Waals surface area contributed by atoms with Gasteiger partial charge in [0.05, 0.1) is 88.6 Å². The molecule has 8 aromatic carbocycles. The Labute approximate surface area is 668 Å². The van der Waals surface area contributed by atoms with Crippen molar-refractivity contribution in [1.82, 2.24) is 20.3 Å². The first-order valence-corrected chi connectivity index (χ1v) is 33.2. The predicted octanol–water partition coefficient (Wildman–Crippen LogP) is 14.8. The summed E-state index contributed by atoms with van der Waals surface area (Å²) in [5.74, 6) is 1.47. The Morgan fingerprint density at radius 3 is 1.16 bits per heavy atom. The topological polar surface area (TPSA) is 462 Å². The molecule has 0 bridgehead atoms. The number of anilines is 1. The van der Waals surface area contributed by atoms with Crippen LogP contribution >= 0.6 is 58.0 Å². The van der Waals surface area contributed by atoms with Crippen molar-refractivity contribution >= 4 is 144 Å². The number of hydrogen-bond acceptors (Lipinski definition) is 25. The second kappa shape index (κ2) is 41.0. The zero-order valence-corrected chi connectivity index (χ0v) is 64.3. The maximum absolute atomic E-state index is 11.6. The van der Waals surface area contributed by atoms with E-state index in [1.165, 1.54) is 89.1 Å². The third-order valence-electron chi connectivity index (χ3n) is 15.6. The summed E-state index contributed by atoms with van der Waals surface area (Å²) in [4.78, 5) is 78.3. The van der Waals surface area contributed by atoms with Gasteiger partial charge >= 0.3 is 54.7 Å². The van der Waals surface area contributed by atoms with E-state index in [0.717, 1.165) is 60.7 Å². The summed E-state index contributed by atoms with van der Waals surface area (Å²) in [6.45, 7) is 18.5. The number of aromatic carboxylic acids is 2. The molecule has 0 saturated carbocycles. The first-order valence-electron chi connectivity index (χ1n) is 31.3. The van der Waals surface area contributed by atoms with Gasteiger partial charge in [-0.05, 0) is 172 Å². The quantitative estimate of drug-likeness (QED) is 0.00728. The number of amidine groups is 1. The average Bonchev–Trinajstić information content (AvgIpc) is 1.65. The molecule has 0 aliphatic rings. The number of carbonyl (C=O) groups is 6. The number of aryl methyl sites for hydroxylation is 6. The first kappa shape index (κ1) is 89.6. The number of oxime groups is 1. The van der Waals surface area contributed by atoms with Crippen LogP contribution in [-0.4, -0.2) is 116 Å². The van der Waals surface area contributed by atoms with Gasteiger partial charge in [-0.15, -0.1) is 0 Å². The fourth-order valence-corrected chi connectivity index (χ4v) is 11.0. The molecule has 0 amide bonds. The summed E-state index contributed by atoms with van der Waals surface area (Å²) in [6.07, 6.45) is 0. The second-order valence-electron chi connectivity index (χ2n) is 22.7. The number of ether oxygens (including phenoxy) is 4. The summed E-state index contributed by atoms with van der Waals surface area (Å²) >= 11 is 29.6. The van der Waals surface area contributed by atoms with Gasteiger partial charge in [-0.1, -0.05) is 122 Å². The summed E-state index contributed by atoms with van der Waals surface area (Å²) in [6, 6.07) is 39.7. The number of nitrogen functional groups attached to an aromatic ring is 1. The van der Waals surface area contributed by atoms with Crippen LogP contribution in [0.3, 0.4) is 0 Å². The molecule has 11 N–H and O–H groups in total. The van der Waals surface area contributed by atoms with Crippen LogP contribution in [-0.2, 0) is 18.9 Å². The number of hydrogen-bond donors (Lipinski definition) is 7. The van der Waals surface area contributed by atoms with Gasteiger partial charge in [0.1, 0.15) is 16.7 Å². The number of benzene rings is 8. The SMILES string of the molecule is COC(=O)c1ccc(-c2noc(-c3cc4c(C)ccc(C)c4o3)n2)c(Cl)c1.COC(=O)c1ccc(/C(N)=N\O)c(Cl)c1.COC(=O)c1ccc(N)c(Cl)c1.Cc1ccc(C)c2oc(-c3nc(-c4ccc(C(=O)O)cc4Cl)no3)cc12.Cc1ccc(C)c2oc(C(=O)O)cc12.NO.[C-]#[N+]c1ccc(C(=O)OC)cc1Cl.[Li+].[OH-]. The maximum Gasteiger partial charge on any atom is 1.00 e. The third-order valence-corrected chi connectivity index (χ3v) is 17.1. The number of carboxylic acid groups (broad SMARTS) is 2. The molecule has 0 radical (unpaired) electrons. The van der Waals surface area contributed by atoms with Crippen LogP contribution in [0.5, 0.6) is 0 Å². The van der Waals surface area contributed by atoms with Crippen molar-refractivity contribution in [1.29, 1.82) is 0 Å². The minimum absolute atomic E-state index is 0. The molecule has 13 aromatic rings. The fourth-order valence-electron chi connectivity index (χ4n) is 9.77. The van der Waals surface area contributed by atoms with E-state index >= 15 is 0 Å². The Morgan fingerprint density at radius 2 is 0.811 bits per heavy atom. The Kier molecular flexibility index (Phi) is 33.1. The van der Waals surface area contributed by atoms with Gasteiger partial charge in [0.15, 0.2) is 17.4 Å². The van der Waals surface area contributed by atoms with Crippen LogP contribution in [0, 0.1) is 48.1 Å². The molecule has 35 heteroatoms. The fraction of sp³-hybridized carbons (Fsp3) is 0.132. The number of carboxylic acids is 2. The molecule has 111 heavy (non-hydrogen) atoms. The van der Waals surface area contributed by atoms with E-state index in [1.54, 1.807) is 36.4 Å². The van der Waals surface area contributed by atoms with Crippen molar-refractivity contribution in [2.45, 2.75) is 41.5 Å². The Morgan fingerprint density at radius 1 is 0.459 bits per heavy atom. The number of carbonyl (C=O) groups excluding carboxylic acids is 4. The van der Waals surface area contributed by atoms with E-state index in [4.69, 9.17) is 119 Å². The van der Waals surface area contributed by atoms with Gasteiger partial charge in [0.2, 0.25) is 23.1 Å². The van der Waals surface area contributed by atoms with Crippen molar-refractivity contribution in [3.63, 3.8) is 0 Å². The van der Waals surface area contributed by atoms with Gasteiger partial charge < -0.3 is 78.8 Å². The Bertz CT molecular complexity index is 5530. The smallest absolute Gasteiger partial charge is 0.870 e. The average molecular weight is 1610 g/mol. The number of methoxy groups -OCH3 is 4. The molecule has 5 heterocycles. The summed E-state index contributed by atoms with van der Waals surface area (Å²) < 4.78 is 45.9. The standard InChI is InChI=1S/C20H15ClN2O4.C19H13ClN2O4.C11H10O3.C9H9ClN2O3.C9H6ClNO2.C8H8ClNO2.Li.H3NO.H2O/c1-10-4-5-11(2)17-14(10)9-16(26-17)19-22-18(23-27-19)13-7-6-12(8-15(13)21)20(24)25-3;1-9-3-4-10(2)16-13(9)8-15(25-16)18-21-17(22-26-18)12-6-5-11(19(23)24)7-14(12)20;1-6-3-4-7(2)10-8(6)5-9(14-10)11(12)13;1-15-9(13)5-2-3-6(7(10)4-5)8(11)12-14;1-11-8-4-3-6(5-7(8)10)9(12)13-2;1-12-8(11)5-2-3-7(10)6(9)4-5;;1-2;/h4-9H,1-3H3;3-8H,1-2H3,(H,23,24);3-5H,1-2H3,(H,12,13);2-4,14H,1H3,(H2,11,12);3-5H,2H3;2-4H,10H2,1H3;;2H,1H2;1H2/q;;;;;;+1;;/p-1. The monoisotopic (exact) mass is 1610 g/mol. The van der Waals surface area contributed by atoms with Gasteiger partial charge in [-0.25, -0.2) is 39.5 Å². The number of nitrogens with two attached hydrogens (primary N) is 3. The molecule has 0 aliphatic heterocycles. The number of nitrogens with zero attached hydrogens (tertiary/aromatic N) is 6. The second-order valence-corrected chi connectivity index (χ2v) is 24.7. The van der Waals surface area contributed by atoms with Crippen molar-refractivity contribution in [3.8, 4) is 46.1 Å². The van der Waals surface area contributed by atoms with Gasteiger partial charge in [-0.2, -0.15) is 9.97 Å². The van der Waals surface area contributed by atoms with E-state index in [1.807, 2.05) is 90.1 Å². The van der Waals surface area contributed by atoms with E-state index < -0.39 is 35.8 Å². The molecule has 570 valence electrons. The molecule has 0 saturated heterocycles. The van der Waals surface area contributed by atoms with E-state index in [9.17, 15) is 28.8 Å². The molecule has 13 rings (SSSR count). The molecule has 0 aliphatic carbocycles. The molecule has 5 aromatic heterocycles. The Balaban J connectivity index is 0.000000244. The molecule has 0 atom stereocenters. The number of halogens is 5. The van der Waals surface area contributed by atoms with E-state index in [2.05, 4.69) is 55.1 Å². The molecular weight excluding hydrogens is 1540 g/mol. The van der Waals surface area contributed by atoms with Crippen LogP contribution in [0.15, 0.2) is 173 Å². The van der Waals surface area contributed by atoms with Crippen molar-refractivity contribution in [2.24, 2.45) is 16.8 Å². The van der Waals surface area contributed by atoms with Crippen LogP contribution in [0.25, 0.3) is 83.8 Å². The Hall–Kier alpha value is -12.0. The number of aromatic nitrogens is 4. The van der Waals surface area contributed by atoms with Crippen LogP contribution in [0.4, 0.5) is 11.4 Å². The van der Waals surface area contributed by atoms with Crippen LogP contribution < -0.4 is 36.2 Å². The minimum atomic E-state index is -1.06. The normalized spacial score (nSPS) is 10.3. The largest absolute Gasteiger partial charge is 1.00 e. The molecule has 0 spiro atoms. The minimum Gasteiger partial charge on any atom is -0.870 e. The molecule has 29 nitrogen and oxygen atoms in total. The molecular formula is C76H65Cl5LiN9O20. The number of rotatable bonds is 11. The summed E-state index contributed by atoms with van der Waals surface area (Å²) in [5.41, 5.74) is 22.9. The van der Waals surface area contributed by atoms with E-state index in [-0.39, 0.29) is 74.2 Å². The van der Waals surface area contributed by atoms with Gasteiger partial charge in [-0.3, -0.25) is 0 Å². The maximum atomic E-state index is 11.6. The third kappa shape index (κ3) is 22.1. The summed E-state index contributed by atoms with van der Waals surface area (Å²) in [7, 11) is 5.19. The van der Waals surface area contributed by atoms with Gasteiger partial charge in [0, 0.05) is 37.9 Å². The molecule has 0 fully saturated rings. The number of fused-ring (bicyclic) bond motifs is 3. The first-order chi connectivity index (χ1) is 51.9. The van der Waals surface area contributed by atoms with Crippen molar-refractivity contribution in [3.05, 3.63) is 255 Å². The zero-order chi connectivity index (χ0) is 80.2. The van der Waals surface area contributed by atoms with Crippen LogP contribution in [0.1, 0.15) is 101 Å². The molecule has 0 unspecified atom stereocenters. The van der Waals surface area contributed by atoms with Crippen LogP contribution in [0.2, 0.25) is 25.1 Å². The predicted molar refractivity (Wildman–Crippen MR) is 409 cm³/mol. The number of esters is 4. The van der Waals surface area contributed by atoms with Crippen molar-refractivity contribution < 1.29 is 115 Å². The zero-order valence-electron chi connectivity index (χ0n) is 60.5. The van der Waals surface area contributed by atoms with Gasteiger partial charge in [0.25, 0.3) is 11.8 Å². The summed E-state index contributed by atoms with van der Waals surface area (Å²) in [5, 5.41) is 47.7. The van der Waals surface area contributed by atoms with E-state index in [0.29, 0.717) is 83.3 Å².